The van der Waals surface area contributed by atoms with Gasteiger partial charge in [-0.15, -0.1) is 0 Å². The zero-order valence-electron chi connectivity index (χ0n) is 13.0. The second kappa shape index (κ2) is 5.63. The highest BCUT2D eigenvalue weighted by Crippen LogP contribution is 2.19. The third-order valence-corrected chi connectivity index (χ3v) is 3.96. The molecule has 2 heterocycles. The second-order valence-electron chi connectivity index (χ2n) is 6.61. The molecule has 1 aromatic heterocycles. The van der Waals surface area contributed by atoms with Crippen LogP contribution in [0.3, 0.4) is 0 Å². The highest BCUT2D eigenvalue weighted by molar-refractivity contribution is 5.02. The Balaban J connectivity index is 2.05. The molecule has 4 heteroatoms. The first-order chi connectivity index (χ1) is 8.91. The molecule has 0 bridgehead atoms. The number of piperazine rings is 1. The van der Waals surface area contributed by atoms with Crippen LogP contribution in [0.25, 0.3) is 0 Å². The van der Waals surface area contributed by atoms with E-state index >= 15 is 0 Å². The van der Waals surface area contributed by atoms with Crippen LogP contribution in [0.2, 0.25) is 0 Å². The summed E-state index contributed by atoms with van der Waals surface area (Å²) in [6.45, 7) is 14.3. The van der Waals surface area contributed by atoms with Crippen molar-refractivity contribution in [2.24, 2.45) is 0 Å². The normalized spacial score (nSPS) is 24.0. The number of hydrogen-bond acceptors (Lipinski definition) is 3. The molecule has 1 saturated heterocycles. The molecule has 0 spiro atoms. The lowest BCUT2D eigenvalue weighted by Crippen LogP contribution is -2.61. The van der Waals surface area contributed by atoms with Crippen molar-refractivity contribution >= 4 is 0 Å². The minimum Gasteiger partial charge on any atom is -0.309 e. The number of aromatic nitrogens is 2. The molecule has 1 fully saturated rings. The maximum Gasteiger partial charge on any atom is 0.0765 e. The summed E-state index contributed by atoms with van der Waals surface area (Å²) in [5, 5.41) is 8.31. The van der Waals surface area contributed by atoms with Crippen molar-refractivity contribution in [3.05, 3.63) is 18.0 Å². The predicted molar refractivity (Wildman–Crippen MR) is 79.2 cm³/mol. The van der Waals surface area contributed by atoms with E-state index < -0.39 is 0 Å². The van der Waals surface area contributed by atoms with Crippen molar-refractivity contribution in [1.82, 2.24) is 20.0 Å². The summed E-state index contributed by atoms with van der Waals surface area (Å²) in [6.07, 6.45) is 3.28. The van der Waals surface area contributed by atoms with Crippen LogP contribution in [0.1, 0.15) is 52.8 Å². The summed E-state index contributed by atoms with van der Waals surface area (Å²) in [4.78, 5) is 2.57. The fourth-order valence-electron chi connectivity index (χ4n) is 2.76. The Morgan fingerprint density at radius 2 is 2.21 bits per heavy atom. The van der Waals surface area contributed by atoms with Crippen LogP contribution in [0.15, 0.2) is 12.3 Å². The van der Waals surface area contributed by atoms with E-state index in [-0.39, 0.29) is 5.54 Å². The van der Waals surface area contributed by atoms with Crippen molar-refractivity contribution in [2.45, 2.75) is 65.2 Å². The smallest absolute Gasteiger partial charge is 0.0765 e. The first-order valence-corrected chi connectivity index (χ1v) is 7.44. The van der Waals surface area contributed by atoms with Crippen LogP contribution in [-0.4, -0.2) is 39.4 Å². The fraction of sp³-hybridized carbons (Fsp3) is 0.800. The molecule has 1 atom stereocenters. The molecule has 4 nitrogen and oxygen atoms in total. The minimum absolute atomic E-state index is 0.201. The van der Waals surface area contributed by atoms with Crippen molar-refractivity contribution in [3.8, 4) is 0 Å². The summed E-state index contributed by atoms with van der Waals surface area (Å²) in [7, 11) is 0. The van der Waals surface area contributed by atoms with Gasteiger partial charge in [-0.1, -0.05) is 6.92 Å². The predicted octanol–water partition coefficient (Wildman–Crippen LogP) is 2.43. The molecule has 1 aliphatic heterocycles. The van der Waals surface area contributed by atoms with Crippen LogP contribution in [-0.2, 0) is 6.54 Å². The van der Waals surface area contributed by atoms with E-state index in [9.17, 15) is 0 Å². The average molecular weight is 264 g/mol. The van der Waals surface area contributed by atoms with Crippen molar-refractivity contribution < 1.29 is 0 Å². The van der Waals surface area contributed by atoms with Gasteiger partial charge in [0.2, 0.25) is 0 Å². The van der Waals surface area contributed by atoms with Gasteiger partial charge in [0.05, 0.1) is 5.69 Å². The first kappa shape index (κ1) is 14.5. The lowest BCUT2D eigenvalue weighted by molar-refractivity contribution is 0.0844. The van der Waals surface area contributed by atoms with Gasteiger partial charge >= 0.3 is 0 Å². The van der Waals surface area contributed by atoms with E-state index in [1.807, 2.05) is 4.68 Å². The van der Waals surface area contributed by atoms with Gasteiger partial charge in [-0.05, 0) is 40.2 Å². The molecule has 1 aromatic rings. The molecule has 0 saturated carbocycles. The third-order valence-electron chi connectivity index (χ3n) is 3.96. The van der Waals surface area contributed by atoms with Gasteiger partial charge in [0.15, 0.2) is 0 Å². The summed E-state index contributed by atoms with van der Waals surface area (Å²) >= 11 is 0. The topological polar surface area (TPSA) is 33.1 Å². The zero-order valence-corrected chi connectivity index (χ0v) is 13.0. The third kappa shape index (κ3) is 3.57. The highest BCUT2D eigenvalue weighted by Gasteiger charge is 2.31. The molecule has 1 aliphatic rings. The molecule has 108 valence electrons. The minimum atomic E-state index is 0.201. The van der Waals surface area contributed by atoms with E-state index in [0.717, 1.165) is 19.6 Å². The molecule has 1 N–H and O–H groups in total. The van der Waals surface area contributed by atoms with Crippen molar-refractivity contribution in [3.63, 3.8) is 0 Å². The Hall–Kier alpha value is -0.870. The Labute approximate surface area is 117 Å². The molecular formula is C15H28N4. The summed E-state index contributed by atoms with van der Waals surface area (Å²) < 4.78 is 2.05. The molecule has 1 unspecified atom stereocenters. The van der Waals surface area contributed by atoms with Crippen LogP contribution in [0.5, 0.6) is 0 Å². The van der Waals surface area contributed by atoms with Gasteiger partial charge in [0.25, 0.3) is 0 Å². The van der Waals surface area contributed by atoms with Gasteiger partial charge in [-0.2, -0.15) is 5.10 Å². The van der Waals surface area contributed by atoms with E-state index in [1.54, 1.807) is 0 Å². The van der Waals surface area contributed by atoms with Gasteiger partial charge in [0, 0.05) is 43.5 Å². The van der Waals surface area contributed by atoms with Gasteiger partial charge in [0.1, 0.15) is 0 Å². The molecule has 0 radical (unpaired) electrons. The van der Waals surface area contributed by atoms with E-state index in [2.05, 4.69) is 62.2 Å². The Morgan fingerprint density at radius 3 is 2.79 bits per heavy atom. The summed E-state index contributed by atoms with van der Waals surface area (Å²) in [5.74, 6) is 0. The van der Waals surface area contributed by atoms with Gasteiger partial charge < -0.3 is 5.32 Å². The highest BCUT2D eigenvalue weighted by atomic mass is 15.3. The number of nitrogens with one attached hydrogen (secondary N) is 1. The number of rotatable bonds is 4. The maximum atomic E-state index is 4.67. The Morgan fingerprint density at radius 1 is 1.47 bits per heavy atom. The Bertz CT molecular complexity index is 408. The quantitative estimate of drug-likeness (QED) is 0.906. The van der Waals surface area contributed by atoms with Crippen molar-refractivity contribution in [1.29, 1.82) is 0 Å². The molecule has 19 heavy (non-hydrogen) atoms. The first-order valence-electron chi connectivity index (χ1n) is 7.44. The standard InChI is InChI=1S/C15H28N4/c1-6-14-9-16-15(4,5)11-18(14)10-13-7-8-19(17-13)12(2)3/h7-8,12,14,16H,6,9-11H2,1-5H3. The molecule has 2 rings (SSSR count). The van der Waals surface area contributed by atoms with Crippen LogP contribution in [0.4, 0.5) is 0 Å². The van der Waals surface area contributed by atoms with Crippen LogP contribution >= 0.6 is 0 Å². The average Bonchev–Trinajstić information content (AvgIpc) is 2.77. The SMILES string of the molecule is CCC1CNC(C)(C)CN1Cc1ccn(C(C)C)n1. The molecular weight excluding hydrogens is 236 g/mol. The van der Waals surface area contributed by atoms with Gasteiger partial charge in [-0.3, -0.25) is 9.58 Å². The van der Waals surface area contributed by atoms with E-state index in [4.69, 9.17) is 0 Å². The van der Waals surface area contributed by atoms with Crippen LogP contribution < -0.4 is 5.32 Å². The van der Waals surface area contributed by atoms with Crippen LogP contribution in [0, 0.1) is 0 Å². The second-order valence-corrected chi connectivity index (χ2v) is 6.61. The zero-order chi connectivity index (χ0) is 14.0. The van der Waals surface area contributed by atoms with Crippen molar-refractivity contribution in [2.75, 3.05) is 13.1 Å². The number of hydrogen-bond donors (Lipinski definition) is 1. The number of nitrogens with zero attached hydrogens (tertiary/aromatic N) is 3. The lowest BCUT2D eigenvalue weighted by Gasteiger charge is -2.44. The van der Waals surface area contributed by atoms with Gasteiger partial charge in [-0.25, -0.2) is 0 Å². The lowest BCUT2D eigenvalue weighted by atomic mass is 9.97. The maximum absolute atomic E-state index is 4.67. The summed E-state index contributed by atoms with van der Waals surface area (Å²) in [6, 6.07) is 3.22. The largest absolute Gasteiger partial charge is 0.309 e. The van der Waals surface area contributed by atoms with E-state index in [0.29, 0.717) is 12.1 Å². The molecule has 0 aromatic carbocycles. The fourth-order valence-corrected chi connectivity index (χ4v) is 2.76. The Kier molecular flexibility index (Phi) is 4.31. The molecule has 0 aliphatic carbocycles. The van der Waals surface area contributed by atoms with E-state index in [1.165, 1.54) is 12.1 Å². The monoisotopic (exact) mass is 264 g/mol. The summed E-state index contributed by atoms with van der Waals surface area (Å²) in [5.41, 5.74) is 1.39. The molecule has 0 amide bonds.